The summed E-state index contributed by atoms with van der Waals surface area (Å²) in [7, 11) is 0. The monoisotopic (exact) mass is 288 g/mol. The maximum Gasteiger partial charge on any atom is 0.123 e. The van der Waals surface area contributed by atoms with E-state index in [9.17, 15) is 9.50 Å². The minimum atomic E-state index is -0.879. The molecule has 2 rings (SSSR count). The average molecular weight is 289 g/mol. The summed E-state index contributed by atoms with van der Waals surface area (Å²) in [6, 6.07) is 4.51. The zero-order chi connectivity index (χ0) is 11.8. The quantitative estimate of drug-likeness (QED) is 0.907. The topological polar surface area (TPSA) is 29.5 Å². The van der Waals surface area contributed by atoms with Crippen LogP contribution in [0.15, 0.2) is 22.7 Å². The third-order valence-corrected chi connectivity index (χ3v) is 3.94. The van der Waals surface area contributed by atoms with E-state index in [2.05, 4.69) is 15.9 Å². The second-order valence-electron chi connectivity index (χ2n) is 4.28. The smallest absolute Gasteiger partial charge is 0.123 e. The standard InChI is InChI=1S/C12H14BrFO2/c1-8-12(15,4-5-16-8)7-9-6-10(14)2-3-11(9)13/h2-3,6,8,15H,4-5,7H2,1H3. The van der Waals surface area contributed by atoms with Gasteiger partial charge in [-0.25, -0.2) is 4.39 Å². The van der Waals surface area contributed by atoms with Crippen molar-refractivity contribution in [3.8, 4) is 0 Å². The Morgan fingerprint density at radius 1 is 1.62 bits per heavy atom. The first-order chi connectivity index (χ1) is 7.51. The molecular formula is C12H14BrFO2. The molecule has 1 aliphatic heterocycles. The highest BCUT2D eigenvalue weighted by Crippen LogP contribution is 2.32. The van der Waals surface area contributed by atoms with E-state index in [0.29, 0.717) is 19.4 Å². The normalized spacial score (nSPS) is 29.6. The van der Waals surface area contributed by atoms with Crippen molar-refractivity contribution in [1.29, 1.82) is 0 Å². The van der Waals surface area contributed by atoms with Crippen LogP contribution in [0.3, 0.4) is 0 Å². The van der Waals surface area contributed by atoms with E-state index in [1.807, 2.05) is 6.92 Å². The summed E-state index contributed by atoms with van der Waals surface area (Å²) in [6.45, 7) is 2.41. The van der Waals surface area contributed by atoms with Crippen molar-refractivity contribution in [3.05, 3.63) is 34.1 Å². The Hall–Kier alpha value is -0.450. The summed E-state index contributed by atoms with van der Waals surface area (Å²) < 4.78 is 19.3. The predicted molar refractivity (Wildman–Crippen MR) is 62.8 cm³/mol. The van der Waals surface area contributed by atoms with E-state index in [1.165, 1.54) is 12.1 Å². The first kappa shape index (κ1) is 12.0. The number of halogens is 2. The zero-order valence-electron chi connectivity index (χ0n) is 9.04. The summed E-state index contributed by atoms with van der Waals surface area (Å²) in [4.78, 5) is 0. The van der Waals surface area contributed by atoms with Gasteiger partial charge in [-0.15, -0.1) is 0 Å². The van der Waals surface area contributed by atoms with Crippen LogP contribution in [0.25, 0.3) is 0 Å². The molecule has 1 saturated heterocycles. The zero-order valence-corrected chi connectivity index (χ0v) is 10.6. The molecular weight excluding hydrogens is 275 g/mol. The highest BCUT2D eigenvalue weighted by atomic mass is 79.9. The Kier molecular flexibility index (Phi) is 3.33. The molecule has 16 heavy (non-hydrogen) atoms. The largest absolute Gasteiger partial charge is 0.387 e. The molecule has 2 nitrogen and oxygen atoms in total. The van der Waals surface area contributed by atoms with Crippen LogP contribution in [0, 0.1) is 5.82 Å². The molecule has 4 heteroatoms. The van der Waals surface area contributed by atoms with Crippen molar-refractivity contribution < 1.29 is 14.2 Å². The average Bonchev–Trinajstić information content (AvgIpc) is 2.53. The number of hydrogen-bond donors (Lipinski definition) is 1. The summed E-state index contributed by atoms with van der Waals surface area (Å²) in [5.74, 6) is -0.284. The fraction of sp³-hybridized carbons (Fsp3) is 0.500. The number of benzene rings is 1. The summed E-state index contributed by atoms with van der Waals surface area (Å²) in [6.07, 6.45) is 0.798. The van der Waals surface area contributed by atoms with E-state index in [1.54, 1.807) is 6.07 Å². The third-order valence-electron chi connectivity index (χ3n) is 3.16. The van der Waals surface area contributed by atoms with Gasteiger partial charge in [0.1, 0.15) is 5.82 Å². The van der Waals surface area contributed by atoms with Gasteiger partial charge >= 0.3 is 0 Å². The second kappa shape index (κ2) is 4.43. The molecule has 2 atom stereocenters. The maximum absolute atomic E-state index is 13.1. The van der Waals surface area contributed by atoms with Crippen molar-refractivity contribution in [2.24, 2.45) is 0 Å². The summed E-state index contributed by atoms with van der Waals surface area (Å²) >= 11 is 3.36. The Balaban J connectivity index is 2.23. The molecule has 0 aromatic heterocycles. The number of hydrogen-bond acceptors (Lipinski definition) is 2. The highest BCUT2D eigenvalue weighted by molar-refractivity contribution is 9.10. The highest BCUT2D eigenvalue weighted by Gasteiger charge is 2.39. The van der Waals surface area contributed by atoms with Crippen LogP contribution < -0.4 is 0 Å². The molecule has 1 aliphatic rings. The van der Waals surface area contributed by atoms with E-state index in [-0.39, 0.29) is 11.9 Å². The van der Waals surface area contributed by atoms with Crippen LogP contribution in [-0.2, 0) is 11.2 Å². The van der Waals surface area contributed by atoms with E-state index in [4.69, 9.17) is 4.74 Å². The lowest BCUT2D eigenvalue weighted by Gasteiger charge is -2.26. The lowest BCUT2D eigenvalue weighted by atomic mass is 9.89. The van der Waals surface area contributed by atoms with Gasteiger partial charge in [-0.2, -0.15) is 0 Å². The van der Waals surface area contributed by atoms with Gasteiger partial charge in [0.05, 0.1) is 11.7 Å². The van der Waals surface area contributed by atoms with Gasteiger partial charge in [-0.3, -0.25) is 0 Å². The molecule has 0 radical (unpaired) electrons. The Labute approximate surface area is 103 Å². The minimum Gasteiger partial charge on any atom is -0.387 e. The molecule has 1 aromatic rings. The fourth-order valence-corrected chi connectivity index (χ4v) is 2.40. The molecule has 0 aliphatic carbocycles. The van der Waals surface area contributed by atoms with Crippen LogP contribution in [0.4, 0.5) is 4.39 Å². The predicted octanol–water partition coefficient (Wildman–Crippen LogP) is 2.67. The molecule has 88 valence electrons. The molecule has 1 fully saturated rings. The van der Waals surface area contributed by atoms with Gasteiger partial charge in [-0.05, 0) is 30.7 Å². The van der Waals surface area contributed by atoms with Crippen LogP contribution >= 0.6 is 15.9 Å². The van der Waals surface area contributed by atoms with Gasteiger partial charge < -0.3 is 9.84 Å². The van der Waals surface area contributed by atoms with Gasteiger partial charge in [0.2, 0.25) is 0 Å². The van der Waals surface area contributed by atoms with Crippen LogP contribution in [-0.4, -0.2) is 23.4 Å². The molecule has 1 heterocycles. The lowest BCUT2D eigenvalue weighted by molar-refractivity contribution is -0.0270. The van der Waals surface area contributed by atoms with Gasteiger partial charge in [-0.1, -0.05) is 15.9 Å². The third kappa shape index (κ3) is 2.29. The van der Waals surface area contributed by atoms with Crippen molar-refractivity contribution in [3.63, 3.8) is 0 Å². The van der Waals surface area contributed by atoms with Gasteiger partial charge in [0.25, 0.3) is 0 Å². The molecule has 0 saturated carbocycles. The van der Waals surface area contributed by atoms with Crippen molar-refractivity contribution >= 4 is 15.9 Å². The SMILES string of the molecule is CC1OCCC1(O)Cc1cc(F)ccc1Br. The lowest BCUT2D eigenvalue weighted by Crippen LogP contribution is -2.38. The van der Waals surface area contributed by atoms with Crippen LogP contribution in [0.2, 0.25) is 0 Å². The second-order valence-corrected chi connectivity index (χ2v) is 5.13. The Bertz CT molecular complexity index is 397. The van der Waals surface area contributed by atoms with E-state index in [0.717, 1.165) is 10.0 Å². The molecule has 0 amide bonds. The first-order valence-electron chi connectivity index (χ1n) is 5.29. The molecule has 0 bridgehead atoms. The fourth-order valence-electron chi connectivity index (χ4n) is 2.01. The molecule has 0 spiro atoms. The van der Waals surface area contributed by atoms with Crippen LogP contribution in [0.5, 0.6) is 0 Å². The van der Waals surface area contributed by atoms with Crippen molar-refractivity contribution in [1.82, 2.24) is 0 Å². The molecule has 2 unspecified atom stereocenters. The number of aliphatic hydroxyl groups is 1. The molecule has 1 aromatic carbocycles. The summed E-state index contributed by atoms with van der Waals surface area (Å²) in [5.41, 5.74) is -0.101. The minimum absolute atomic E-state index is 0.206. The number of ether oxygens (including phenoxy) is 1. The van der Waals surface area contributed by atoms with Crippen molar-refractivity contribution in [2.75, 3.05) is 6.61 Å². The molecule has 1 N–H and O–H groups in total. The van der Waals surface area contributed by atoms with Crippen molar-refractivity contribution in [2.45, 2.75) is 31.5 Å². The van der Waals surface area contributed by atoms with E-state index >= 15 is 0 Å². The van der Waals surface area contributed by atoms with E-state index < -0.39 is 5.60 Å². The Morgan fingerprint density at radius 2 is 2.38 bits per heavy atom. The Morgan fingerprint density at radius 3 is 3.00 bits per heavy atom. The van der Waals surface area contributed by atoms with Crippen LogP contribution in [0.1, 0.15) is 18.9 Å². The van der Waals surface area contributed by atoms with Gasteiger partial charge in [0.15, 0.2) is 0 Å². The maximum atomic E-state index is 13.1. The number of rotatable bonds is 2. The summed E-state index contributed by atoms with van der Waals surface area (Å²) in [5, 5.41) is 10.4. The van der Waals surface area contributed by atoms with Gasteiger partial charge in [0, 0.05) is 23.9 Å². The first-order valence-corrected chi connectivity index (χ1v) is 6.08.